The van der Waals surface area contributed by atoms with Gasteiger partial charge in [0.15, 0.2) is 11.6 Å². The number of carbonyl (C=O) groups excluding carboxylic acids is 1. The molecule has 0 aromatic heterocycles. The van der Waals surface area contributed by atoms with Crippen LogP contribution in [0.1, 0.15) is 70.3 Å². The van der Waals surface area contributed by atoms with E-state index in [2.05, 4.69) is 11.9 Å². The summed E-state index contributed by atoms with van der Waals surface area (Å²) in [6, 6.07) is 6.64. The van der Waals surface area contributed by atoms with Crippen LogP contribution in [0.15, 0.2) is 35.0 Å². The summed E-state index contributed by atoms with van der Waals surface area (Å²) < 4.78 is 5.22. The van der Waals surface area contributed by atoms with Gasteiger partial charge in [-0.3, -0.25) is 0 Å². The number of rotatable bonds is 10. The molecule has 1 aromatic rings. The van der Waals surface area contributed by atoms with E-state index >= 15 is 0 Å². The topological polar surface area (TPSA) is 58.9 Å². The van der Waals surface area contributed by atoms with E-state index in [-0.39, 0.29) is 5.75 Å². The van der Waals surface area contributed by atoms with Crippen LogP contribution in [-0.2, 0) is 9.53 Å². The number of hydrogen-bond acceptors (Lipinski definition) is 4. The van der Waals surface area contributed by atoms with Gasteiger partial charge < -0.3 is 9.84 Å². The van der Waals surface area contributed by atoms with E-state index in [1.54, 1.807) is 30.3 Å². The normalized spacial score (nSPS) is 15.6. The van der Waals surface area contributed by atoms with Gasteiger partial charge >= 0.3 is 5.97 Å². The Balaban J connectivity index is 1.72. The Bertz CT molecular complexity index is 587. The lowest BCUT2D eigenvalue weighted by molar-refractivity contribution is -0.130. The molecule has 2 rings (SSSR count). The average Bonchev–Trinajstić information content (AvgIpc) is 2.92. The van der Waals surface area contributed by atoms with Crippen molar-refractivity contribution in [1.29, 1.82) is 0 Å². The molecule has 4 nitrogen and oxygen atoms in total. The molecule has 1 N–H and O–H groups in total. The molecule has 0 unspecified atom stereocenters. The molecule has 24 heavy (non-hydrogen) atoms. The third-order valence-electron chi connectivity index (χ3n) is 4.11. The average molecular weight is 329 g/mol. The highest BCUT2D eigenvalue weighted by Gasteiger charge is 2.22. The summed E-state index contributed by atoms with van der Waals surface area (Å²) in [5.74, 6) is 0.332. The first-order valence-corrected chi connectivity index (χ1v) is 8.99. The molecule has 4 heteroatoms. The number of aromatic hydroxyl groups is 1. The van der Waals surface area contributed by atoms with Gasteiger partial charge in [0.1, 0.15) is 5.75 Å². The molecule has 0 atom stereocenters. The van der Waals surface area contributed by atoms with Crippen LogP contribution in [0.25, 0.3) is 6.08 Å². The maximum Gasteiger partial charge on any atom is 0.363 e. The molecule has 0 aliphatic carbocycles. The number of phenols is 1. The molecular formula is C20H27NO3. The van der Waals surface area contributed by atoms with E-state index in [0.717, 1.165) is 18.4 Å². The van der Waals surface area contributed by atoms with Crippen LogP contribution in [0, 0.1) is 0 Å². The summed E-state index contributed by atoms with van der Waals surface area (Å²) in [5.41, 5.74) is 1.15. The van der Waals surface area contributed by atoms with E-state index in [0.29, 0.717) is 18.0 Å². The van der Waals surface area contributed by atoms with Crippen LogP contribution < -0.4 is 0 Å². The van der Waals surface area contributed by atoms with Gasteiger partial charge in [-0.25, -0.2) is 9.79 Å². The minimum atomic E-state index is -0.391. The quantitative estimate of drug-likeness (QED) is 0.364. The van der Waals surface area contributed by atoms with Crippen molar-refractivity contribution in [2.75, 3.05) is 0 Å². The van der Waals surface area contributed by atoms with Crippen LogP contribution in [0.5, 0.6) is 5.75 Å². The molecule has 0 saturated heterocycles. The summed E-state index contributed by atoms with van der Waals surface area (Å²) in [4.78, 5) is 16.1. The summed E-state index contributed by atoms with van der Waals surface area (Å²) in [6.45, 7) is 2.23. The van der Waals surface area contributed by atoms with Crippen LogP contribution in [0.4, 0.5) is 0 Å². The molecule has 0 amide bonds. The van der Waals surface area contributed by atoms with E-state index in [4.69, 9.17) is 4.74 Å². The lowest BCUT2D eigenvalue weighted by atomic mass is 10.1. The number of cyclic esters (lactones) is 1. The van der Waals surface area contributed by atoms with Crippen molar-refractivity contribution in [2.45, 2.75) is 64.7 Å². The largest absolute Gasteiger partial charge is 0.508 e. The molecule has 1 aromatic carbocycles. The first kappa shape index (κ1) is 18.2. The minimum absolute atomic E-state index is 0.199. The third kappa shape index (κ3) is 6.19. The number of aliphatic imine (C=N–C) groups is 1. The van der Waals surface area contributed by atoms with E-state index < -0.39 is 5.97 Å². The Kier molecular flexibility index (Phi) is 7.53. The molecule has 0 spiro atoms. The van der Waals surface area contributed by atoms with E-state index in [1.165, 1.54) is 38.5 Å². The smallest absolute Gasteiger partial charge is 0.363 e. The zero-order valence-corrected chi connectivity index (χ0v) is 14.5. The number of nitrogens with zero attached hydrogens (tertiary/aromatic N) is 1. The monoisotopic (exact) mass is 329 g/mol. The second-order valence-electron chi connectivity index (χ2n) is 6.24. The lowest BCUT2D eigenvalue weighted by Gasteiger charge is -2.01. The molecule has 0 saturated carbocycles. The van der Waals surface area contributed by atoms with Crippen molar-refractivity contribution >= 4 is 17.9 Å². The van der Waals surface area contributed by atoms with Gasteiger partial charge in [0.2, 0.25) is 0 Å². The number of phenolic OH excluding ortho intramolecular Hbond substituents is 1. The van der Waals surface area contributed by atoms with Crippen LogP contribution in [-0.4, -0.2) is 17.0 Å². The second-order valence-corrected chi connectivity index (χ2v) is 6.24. The Hall–Kier alpha value is -2.10. The fourth-order valence-corrected chi connectivity index (χ4v) is 2.70. The highest BCUT2D eigenvalue weighted by atomic mass is 16.6. The number of unbranched alkanes of at least 4 members (excludes halogenated alkanes) is 7. The fraction of sp³-hybridized carbons (Fsp3) is 0.500. The Morgan fingerprint density at radius 2 is 1.62 bits per heavy atom. The van der Waals surface area contributed by atoms with Gasteiger partial charge in [-0.15, -0.1) is 0 Å². The summed E-state index contributed by atoms with van der Waals surface area (Å²) >= 11 is 0. The predicted molar refractivity (Wildman–Crippen MR) is 96.8 cm³/mol. The maximum absolute atomic E-state index is 11.8. The zero-order chi connectivity index (χ0) is 17.2. The van der Waals surface area contributed by atoms with Gasteiger partial charge in [0.25, 0.3) is 0 Å². The minimum Gasteiger partial charge on any atom is -0.508 e. The summed E-state index contributed by atoms with van der Waals surface area (Å²) in [7, 11) is 0. The summed E-state index contributed by atoms with van der Waals surface area (Å²) in [6.07, 6.45) is 12.4. The zero-order valence-electron chi connectivity index (χ0n) is 14.5. The number of carbonyl (C=O) groups is 1. The van der Waals surface area contributed by atoms with Gasteiger partial charge in [-0.2, -0.15) is 0 Å². The van der Waals surface area contributed by atoms with Crippen molar-refractivity contribution in [3.05, 3.63) is 35.5 Å². The Morgan fingerprint density at radius 3 is 2.29 bits per heavy atom. The van der Waals surface area contributed by atoms with Gasteiger partial charge in [-0.05, 0) is 30.2 Å². The Morgan fingerprint density at radius 1 is 1.00 bits per heavy atom. The second kappa shape index (κ2) is 9.91. The highest BCUT2D eigenvalue weighted by molar-refractivity contribution is 6.07. The highest BCUT2D eigenvalue weighted by Crippen LogP contribution is 2.19. The fourth-order valence-electron chi connectivity index (χ4n) is 2.70. The van der Waals surface area contributed by atoms with Crippen molar-refractivity contribution in [2.24, 2.45) is 4.99 Å². The third-order valence-corrected chi connectivity index (χ3v) is 4.11. The van der Waals surface area contributed by atoms with E-state index in [1.807, 2.05) is 0 Å². The van der Waals surface area contributed by atoms with Gasteiger partial charge in [-0.1, -0.05) is 64.0 Å². The number of ether oxygens (including phenoxy) is 1. The predicted octanol–water partition coefficient (Wildman–Crippen LogP) is 5.22. The van der Waals surface area contributed by atoms with Crippen molar-refractivity contribution < 1.29 is 14.6 Å². The number of benzene rings is 1. The molecule has 1 heterocycles. The lowest BCUT2D eigenvalue weighted by Crippen LogP contribution is -2.03. The van der Waals surface area contributed by atoms with Crippen molar-refractivity contribution in [1.82, 2.24) is 0 Å². The molecule has 1 aliphatic rings. The van der Waals surface area contributed by atoms with Gasteiger partial charge in [0.05, 0.1) is 0 Å². The molecule has 0 radical (unpaired) electrons. The van der Waals surface area contributed by atoms with E-state index in [9.17, 15) is 9.90 Å². The molecular weight excluding hydrogens is 302 g/mol. The summed E-state index contributed by atoms with van der Waals surface area (Å²) in [5, 5.41) is 9.27. The number of esters is 1. The molecule has 1 aliphatic heterocycles. The molecule has 0 fully saturated rings. The Labute approximate surface area is 144 Å². The van der Waals surface area contributed by atoms with Crippen molar-refractivity contribution in [3.63, 3.8) is 0 Å². The standard InChI is InChI=1S/C20H27NO3/c1-2-3-4-5-6-7-8-9-10-19-21-18(20(23)24-19)15-16-11-13-17(22)14-12-16/h11-15,22H,2-10H2,1H3/b18-15-. The van der Waals surface area contributed by atoms with Crippen molar-refractivity contribution in [3.8, 4) is 5.75 Å². The van der Waals surface area contributed by atoms with Crippen LogP contribution >= 0.6 is 0 Å². The SMILES string of the molecule is CCCCCCCCCCC1=N/C(=C\c2ccc(O)cc2)C(=O)O1. The first-order chi connectivity index (χ1) is 11.7. The number of hydrogen-bond donors (Lipinski definition) is 1. The van der Waals surface area contributed by atoms with Crippen LogP contribution in [0.3, 0.4) is 0 Å². The molecule has 0 bridgehead atoms. The molecule has 130 valence electrons. The van der Waals surface area contributed by atoms with Crippen LogP contribution in [0.2, 0.25) is 0 Å². The van der Waals surface area contributed by atoms with Gasteiger partial charge in [0, 0.05) is 6.42 Å². The first-order valence-electron chi connectivity index (χ1n) is 8.99. The maximum atomic E-state index is 11.8.